The van der Waals surface area contributed by atoms with Gasteiger partial charge in [0.05, 0.1) is 0 Å². The zero-order chi connectivity index (χ0) is 15.5. The third-order valence-corrected chi connectivity index (χ3v) is 5.97. The molecule has 0 aliphatic carbocycles. The van der Waals surface area contributed by atoms with Gasteiger partial charge in [0, 0.05) is 24.5 Å². The summed E-state index contributed by atoms with van der Waals surface area (Å²) in [5.74, 6) is -0.0996. The number of nitrogen functional groups attached to an aromatic ring is 1. The van der Waals surface area contributed by atoms with Gasteiger partial charge in [0.2, 0.25) is 10.0 Å². The molecule has 0 bridgehead atoms. The molecular formula is C13H21FN2O2S2. The number of nitrogens with two attached hydrogens (primary N) is 1. The molecule has 1 atom stereocenters. The molecule has 0 amide bonds. The monoisotopic (exact) mass is 320 g/mol. The first kappa shape index (κ1) is 17.3. The summed E-state index contributed by atoms with van der Waals surface area (Å²) in [4.78, 5) is -0.359. The summed E-state index contributed by atoms with van der Waals surface area (Å²) < 4.78 is 40.2. The Morgan fingerprint density at radius 2 is 2.05 bits per heavy atom. The Balaban J connectivity index is 3.26. The van der Waals surface area contributed by atoms with Gasteiger partial charge in [-0.25, -0.2) is 12.8 Å². The van der Waals surface area contributed by atoms with E-state index in [0.717, 1.165) is 6.07 Å². The van der Waals surface area contributed by atoms with Crippen LogP contribution in [-0.2, 0) is 10.0 Å². The van der Waals surface area contributed by atoms with Gasteiger partial charge in [-0.05, 0) is 37.3 Å². The quantitative estimate of drug-likeness (QED) is 0.818. The van der Waals surface area contributed by atoms with Crippen molar-refractivity contribution < 1.29 is 12.8 Å². The molecule has 4 nitrogen and oxygen atoms in total. The fourth-order valence-corrected chi connectivity index (χ4v) is 4.34. The second kappa shape index (κ2) is 6.78. The minimum atomic E-state index is -3.88. The van der Waals surface area contributed by atoms with E-state index in [0.29, 0.717) is 17.7 Å². The summed E-state index contributed by atoms with van der Waals surface area (Å²) in [7, 11) is -2.40. The summed E-state index contributed by atoms with van der Waals surface area (Å²) in [6.45, 7) is 3.55. The van der Waals surface area contributed by atoms with Crippen LogP contribution in [0.15, 0.2) is 17.0 Å². The second-order valence-corrected chi connectivity index (χ2v) is 7.55. The Hall–Kier alpha value is -0.790. The van der Waals surface area contributed by atoms with Gasteiger partial charge in [0.25, 0.3) is 0 Å². The van der Waals surface area contributed by atoms with Crippen LogP contribution in [0.3, 0.4) is 0 Å². The van der Waals surface area contributed by atoms with Gasteiger partial charge >= 0.3 is 0 Å². The maximum Gasteiger partial charge on any atom is 0.246 e. The Bertz CT molecular complexity index is 576. The van der Waals surface area contributed by atoms with Gasteiger partial charge < -0.3 is 5.73 Å². The minimum absolute atomic E-state index is 0.170. The number of rotatable bonds is 6. The Morgan fingerprint density at radius 3 is 2.55 bits per heavy atom. The van der Waals surface area contributed by atoms with Crippen molar-refractivity contribution in [2.75, 3.05) is 24.8 Å². The number of hydrogen-bond donors (Lipinski definition) is 1. The molecule has 0 saturated heterocycles. The highest BCUT2D eigenvalue weighted by atomic mass is 32.2. The maximum absolute atomic E-state index is 14.0. The predicted octanol–water partition coefficient (Wildman–Crippen LogP) is 2.48. The average Bonchev–Trinajstić information content (AvgIpc) is 2.39. The lowest BCUT2D eigenvalue weighted by Gasteiger charge is -2.26. The van der Waals surface area contributed by atoms with Crippen molar-refractivity contribution in [3.8, 4) is 0 Å². The van der Waals surface area contributed by atoms with Crippen LogP contribution in [0.2, 0.25) is 0 Å². The van der Waals surface area contributed by atoms with E-state index < -0.39 is 15.8 Å². The average molecular weight is 320 g/mol. The van der Waals surface area contributed by atoms with Crippen LogP contribution in [0.5, 0.6) is 0 Å². The van der Waals surface area contributed by atoms with E-state index >= 15 is 0 Å². The van der Waals surface area contributed by atoms with Crippen molar-refractivity contribution in [1.29, 1.82) is 0 Å². The number of thioether (sulfide) groups is 1. The number of halogens is 1. The number of benzene rings is 1. The molecule has 7 heteroatoms. The fraction of sp³-hybridized carbons (Fsp3) is 0.538. The van der Waals surface area contributed by atoms with Crippen LogP contribution in [0, 0.1) is 12.7 Å². The molecule has 0 aromatic heterocycles. The van der Waals surface area contributed by atoms with Crippen molar-refractivity contribution in [2.24, 2.45) is 0 Å². The lowest BCUT2D eigenvalue weighted by atomic mass is 10.2. The molecule has 0 heterocycles. The molecule has 1 aromatic rings. The smallest absolute Gasteiger partial charge is 0.246 e. The van der Waals surface area contributed by atoms with Crippen LogP contribution in [0.4, 0.5) is 10.1 Å². The van der Waals surface area contributed by atoms with Crippen molar-refractivity contribution in [1.82, 2.24) is 4.31 Å². The number of anilines is 1. The van der Waals surface area contributed by atoms with E-state index in [1.807, 2.05) is 13.2 Å². The Morgan fingerprint density at radius 1 is 1.45 bits per heavy atom. The third-order valence-electron chi connectivity index (χ3n) is 3.32. The molecule has 20 heavy (non-hydrogen) atoms. The Labute approximate surface area is 124 Å². The van der Waals surface area contributed by atoms with E-state index in [1.165, 1.54) is 17.4 Å². The van der Waals surface area contributed by atoms with Crippen LogP contribution < -0.4 is 5.73 Å². The van der Waals surface area contributed by atoms with Crippen molar-refractivity contribution in [3.63, 3.8) is 0 Å². The first-order chi connectivity index (χ1) is 9.25. The SMILES string of the molecule is CCC(CSC)N(C)S(=O)(=O)c1cc(N)c(C)cc1F. The van der Waals surface area contributed by atoms with E-state index in [4.69, 9.17) is 5.73 Å². The molecule has 0 fully saturated rings. The normalized spacial score (nSPS) is 13.7. The van der Waals surface area contributed by atoms with Crippen molar-refractivity contribution in [3.05, 3.63) is 23.5 Å². The maximum atomic E-state index is 14.0. The lowest BCUT2D eigenvalue weighted by Crippen LogP contribution is -2.38. The largest absolute Gasteiger partial charge is 0.398 e. The second-order valence-electron chi connectivity index (χ2n) is 4.68. The molecule has 114 valence electrons. The zero-order valence-electron chi connectivity index (χ0n) is 12.2. The summed E-state index contributed by atoms with van der Waals surface area (Å²) in [5, 5.41) is 0. The summed E-state index contributed by atoms with van der Waals surface area (Å²) in [5.41, 5.74) is 6.50. The van der Waals surface area contributed by atoms with Gasteiger partial charge in [0.15, 0.2) is 0 Å². The summed E-state index contributed by atoms with van der Waals surface area (Å²) in [6.07, 6.45) is 2.58. The van der Waals surface area contributed by atoms with Crippen LogP contribution >= 0.6 is 11.8 Å². The standard InChI is InChI=1S/C13H21FN2O2S2/c1-5-10(8-19-4)16(3)20(17,18)13-7-12(15)9(2)6-11(13)14/h6-7,10H,5,8,15H2,1-4H3. The Kier molecular flexibility index (Phi) is 5.85. The molecule has 0 aliphatic heterocycles. The molecule has 1 aromatic carbocycles. The topological polar surface area (TPSA) is 63.4 Å². The lowest BCUT2D eigenvalue weighted by molar-refractivity contribution is 0.383. The van der Waals surface area contributed by atoms with Crippen molar-refractivity contribution >= 4 is 27.5 Å². The number of hydrogen-bond acceptors (Lipinski definition) is 4. The van der Waals surface area contributed by atoms with Gasteiger partial charge in [-0.1, -0.05) is 6.92 Å². The molecule has 0 spiro atoms. The van der Waals surface area contributed by atoms with Crippen LogP contribution in [0.1, 0.15) is 18.9 Å². The van der Waals surface area contributed by atoms with Crippen LogP contribution in [-0.4, -0.2) is 37.8 Å². The van der Waals surface area contributed by atoms with E-state index in [2.05, 4.69) is 0 Å². The molecular weight excluding hydrogens is 299 g/mol. The van der Waals surface area contributed by atoms with Crippen LogP contribution in [0.25, 0.3) is 0 Å². The highest BCUT2D eigenvalue weighted by Gasteiger charge is 2.29. The molecule has 0 radical (unpaired) electrons. The molecule has 2 N–H and O–H groups in total. The molecule has 0 aliphatic rings. The molecule has 0 saturated carbocycles. The van der Waals surface area contributed by atoms with E-state index in [-0.39, 0.29) is 16.6 Å². The minimum Gasteiger partial charge on any atom is -0.398 e. The van der Waals surface area contributed by atoms with Gasteiger partial charge in [-0.15, -0.1) is 0 Å². The number of sulfonamides is 1. The third kappa shape index (κ3) is 3.45. The van der Waals surface area contributed by atoms with Crippen molar-refractivity contribution in [2.45, 2.75) is 31.2 Å². The van der Waals surface area contributed by atoms with E-state index in [1.54, 1.807) is 18.7 Å². The van der Waals surface area contributed by atoms with Gasteiger partial charge in [-0.3, -0.25) is 0 Å². The summed E-state index contributed by atoms with van der Waals surface area (Å²) in [6, 6.07) is 2.19. The number of aryl methyl sites for hydroxylation is 1. The van der Waals surface area contributed by atoms with Gasteiger partial charge in [-0.2, -0.15) is 16.1 Å². The van der Waals surface area contributed by atoms with E-state index in [9.17, 15) is 12.8 Å². The first-order valence-corrected chi connectivity index (χ1v) is 9.11. The highest BCUT2D eigenvalue weighted by molar-refractivity contribution is 7.98. The molecule has 1 unspecified atom stereocenters. The number of nitrogens with zero attached hydrogens (tertiary/aromatic N) is 1. The fourth-order valence-electron chi connectivity index (χ4n) is 1.89. The molecule has 1 rings (SSSR count). The predicted molar refractivity (Wildman–Crippen MR) is 83.0 cm³/mol. The first-order valence-electron chi connectivity index (χ1n) is 6.28. The zero-order valence-corrected chi connectivity index (χ0v) is 13.8. The van der Waals surface area contributed by atoms with Gasteiger partial charge in [0.1, 0.15) is 10.7 Å². The highest BCUT2D eigenvalue weighted by Crippen LogP contribution is 2.26. The summed E-state index contributed by atoms with van der Waals surface area (Å²) >= 11 is 1.56.